The topological polar surface area (TPSA) is 49.4 Å². The minimum atomic E-state index is -0.645. The van der Waals surface area contributed by atoms with Crippen LogP contribution < -0.4 is 5.32 Å². The van der Waals surface area contributed by atoms with Gasteiger partial charge in [-0.3, -0.25) is 9.59 Å². The van der Waals surface area contributed by atoms with Gasteiger partial charge in [-0.25, -0.2) is 0 Å². The zero-order chi connectivity index (χ0) is 15.8. The SMILES string of the molecule is CCC1(CC)C(=O)NC(C(C)(C)C)C(=O)N1CCC1CC1. The maximum atomic E-state index is 13.0. The van der Waals surface area contributed by atoms with E-state index in [4.69, 9.17) is 0 Å². The highest BCUT2D eigenvalue weighted by Gasteiger charge is 2.52. The number of hydrogen-bond donors (Lipinski definition) is 1. The Labute approximate surface area is 128 Å². The number of carbonyl (C=O) groups excluding carboxylic acids is 2. The molecule has 0 bridgehead atoms. The Bertz CT molecular complexity index is 417. The van der Waals surface area contributed by atoms with Crippen molar-refractivity contribution in [1.29, 1.82) is 0 Å². The quantitative estimate of drug-likeness (QED) is 0.847. The van der Waals surface area contributed by atoms with Gasteiger partial charge < -0.3 is 10.2 Å². The maximum Gasteiger partial charge on any atom is 0.246 e. The van der Waals surface area contributed by atoms with Gasteiger partial charge in [0.1, 0.15) is 11.6 Å². The molecule has 1 heterocycles. The fraction of sp³-hybridized carbons (Fsp3) is 0.882. The predicted molar refractivity (Wildman–Crippen MR) is 83.8 cm³/mol. The number of nitrogens with zero attached hydrogens (tertiary/aromatic N) is 1. The summed E-state index contributed by atoms with van der Waals surface area (Å²) in [6.07, 6.45) is 4.97. The molecule has 21 heavy (non-hydrogen) atoms. The molecule has 1 saturated heterocycles. The van der Waals surface area contributed by atoms with Gasteiger partial charge >= 0.3 is 0 Å². The van der Waals surface area contributed by atoms with Crippen LogP contribution in [0, 0.1) is 11.3 Å². The van der Waals surface area contributed by atoms with Gasteiger partial charge in [0, 0.05) is 6.54 Å². The van der Waals surface area contributed by atoms with E-state index in [1.165, 1.54) is 12.8 Å². The van der Waals surface area contributed by atoms with Crippen LogP contribution in [-0.2, 0) is 9.59 Å². The number of nitrogens with one attached hydrogen (secondary N) is 1. The molecule has 2 fully saturated rings. The van der Waals surface area contributed by atoms with Crippen LogP contribution >= 0.6 is 0 Å². The Kier molecular flexibility index (Phi) is 4.36. The Morgan fingerprint density at radius 1 is 1.19 bits per heavy atom. The largest absolute Gasteiger partial charge is 0.342 e. The fourth-order valence-corrected chi connectivity index (χ4v) is 3.40. The van der Waals surface area contributed by atoms with Crippen LogP contribution in [0.5, 0.6) is 0 Å². The molecular formula is C17H30N2O2. The highest BCUT2D eigenvalue weighted by Crippen LogP contribution is 2.37. The molecule has 0 aromatic rings. The van der Waals surface area contributed by atoms with E-state index >= 15 is 0 Å². The van der Waals surface area contributed by atoms with Crippen molar-refractivity contribution in [2.75, 3.05) is 6.54 Å². The summed E-state index contributed by atoms with van der Waals surface area (Å²) >= 11 is 0. The standard InChI is InChI=1S/C17H30N2O2/c1-6-17(7-2)15(21)18-13(16(3,4)5)14(20)19(17)11-10-12-8-9-12/h12-13H,6-11H2,1-5H3,(H,18,21). The normalized spacial score (nSPS) is 26.0. The monoisotopic (exact) mass is 294 g/mol. The van der Waals surface area contributed by atoms with Gasteiger partial charge in [-0.2, -0.15) is 0 Å². The third kappa shape index (κ3) is 2.95. The van der Waals surface area contributed by atoms with E-state index in [0.717, 1.165) is 18.9 Å². The van der Waals surface area contributed by atoms with Crippen molar-refractivity contribution in [3.05, 3.63) is 0 Å². The van der Waals surface area contributed by atoms with Crippen molar-refractivity contribution in [3.63, 3.8) is 0 Å². The molecule has 2 aliphatic rings. The zero-order valence-electron chi connectivity index (χ0n) is 14.2. The van der Waals surface area contributed by atoms with Crippen LogP contribution in [-0.4, -0.2) is 34.8 Å². The van der Waals surface area contributed by atoms with Gasteiger partial charge in [-0.1, -0.05) is 47.5 Å². The average molecular weight is 294 g/mol. The molecule has 1 N–H and O–H groups in total. The predicted octanol–water partition coefficient (Wildman–Crippen LogP) is 2.72. The first-order valence-corrected chi connectivity index (χ1v) is 8.38. The number of rotatable bonds is 5. The lowest BCUT2D eigenvalue weighted by molar-refractivity contribution is -0.161. The maximum absolute atomic E-state index is 13.0. The molecule has 0 radical (unpaired) electrons. The van der Waals surface area contributed by atoms with Gasteiger partial charge in [0.05, 0.1) is 0 Å². The lowest BCUT2D eigenvalue weighted by Crippen LogP contribution is -2.72. The molecule has 1 aliphatic heterocycles. The number of piperazine rings is 1. The molecule has 2 amide bonds. The number of hydrogen-bond acceptors (Lipinski definition) is 2. The lowest BCUT2D eigenvalue weighted by atomic mass is 9.79. The summed E-state index contributed by atoms with van der Waals surface area (Å²) in [4.78, 5) is 27.6. The number of carbonyl (C=O) groups is 2. The van der Waals surface area contributed by atoms with Crippen molar-refractivity contribution in [2.24, 2.45) is 11.3 Å². The highest BCUT2D eigenvalue weighted by molar-refractivity contribution is 6.00. The van der Waals surface area contributed by atoms with Crippen LogP contribution in [0.15, 0.2) is 0 Å². The number of amides is 2. The smallest absolute Gasteiger partial charge is 0.246 e. The summed E-state index contributed by atoms with van der Waals surface area (Å²) in [6.45, 7) is 10.8. The summed E-state index contributed by atoms with van der Waals surface area (Å²) in [7, 11) is 0. The summed E-state index contributed by atoms with van der Waals surface area (Å²) in [6, 6.07) is -0.407. The second-order valence-electron chi connectivity index (χ2n) is 7.73. The molecule has 0 aromatic carbocycles. The van der Waals surface area contributed by atoms with Gasteiger partial charge in [-0.05, 0) is 30.6 Å². The Hall–Kier alpha value is -1.06. The minimum Gasteiger partial charge on any atom is -0.342 e. The minimum absolute atomic E-state index is 0.0304. The van der Waals surface area contributed by atoms with Crippen LogP contribution in [0.25, 0.3) is 0 Å². The molecule has 0 aromatic heterocycles. The molecule has 1 saturated carbocycles. The lowest BCUT2D eigenvalue weighted by Gasteiger charge is -2.50. The van der Waals surface area contributed by atoms with E-state index in [1.807, 2.05) is 39.5 Å². The van der Waals surface area contributed by atoms with Crippen LogP contribution in [0.4, 0.5) is 0 Å². The van der Waals surface area contributed by atoms with E-state index in [1.54, 1.807) is 0 Å². The van der Waals surface area contributed by atoms with Crippen molar-refractivity contribution >= 4 is 11.8 Å². The molecular weight excluding hydrogens is 264 g/mol. The van der Waals surface area contributed by atoms with E-state index in [9.17, 15) is 9.59 Å². The van der Waals surface area contributed by atoms with Crippen LogP contribution in [0.3, 0.4) is 0 Å². The summed E-state index contributed by atoms with van der Waals surface area (Å²) in [5, 5.41) is 3.00. The van der Waals surface area contributed by atoms with Crippen molar-refractivity contribution < 1.29 is 9.59 Å². The first-order valence-electron chi connectivity index (χ1n) is 8.38. The summed E-state index contributed by atoms with van der Waals surface area (Å²) in [5.41, 5.74) is -0.897. The van der Waals surface area contributed by atoms with E-state index < -0.39 is 11.6 Å². The fourth-order valence-electron chi connectivity index (χ4n) is 3.40. The van der Waals surface area contributed by atoms with Crippen molar-refractivity contribution in [3.8, 4) is 0 Å². The zero-order valence-corrected chi connectivity index (χ0v) is 14.2. The van der Waals surface area contributed by atoms with Crippen LogP contribution in [0.1, 0.15) is 66.7 Å². The third-order valence-electron chi connectivity index (χ3n) is 5.22. The summed E-state index contributed by atoms with van der Waals surface area (Å²) in [5.74, 6) is 0.900. The van der Waals surface area contributed by atoms with Gasteiger partial charge in [-0.15, -0.1) is 0 Å². The van der Waals surface area contributed by atoms with Gasteiger partial charge in [0.25, 0.3) is 0 Å². The Morgan fingerprint density at radius 3 is 2.19 bits per heavy atom. The molecule has 1 atom stereocenters. The van der Waals surface area contributed by atoms with Crippen molar-refractivity contribution in [1.82, 2.24) is 10.2 Å². The highest BCUT2D eigenvalue weighted by atomic mass is 16.2. The second-order valence-corrected chi connectivity index (χ2v) is 7.73. The first kappa shape index (κ1) is 16.3. The molecule has 1 unspecified atom stereocenters. The second kappa shape index (κ2) is 5.62. The van der Waals surface area contributed by atoms with Gasteiger partial charge in [0.15, 0.2) is 0 Å². The van der Waals surface area contributed by atoms with E-state index in [-0.39, 0.29) is 17.2 Å². The molecule has 120 valence electrons. The van der Waals surface area contributed by atoms with Crippen LogP contribution in [0.2, 0.25) is 0 Å². The average Bonchev–Trinajstić information content (AvgIpc) is 3.22. The van der Waals surface area contributed by atoms with Crippen molar-refractivity contribution in [2.45, 2.75) is 78.3 Å². The Balaban J connectivity index is 2.28. The van der Waals surface area contributed by atoms with Gasteiger partial charge in [0.2, 0.25) is 11.8 Å². The van der Waals surface area contributed by atoms with E-state index in [2.05, 4.69) is 5.32 Å². The molecule has 0 spiro atoms. The molecule has 2 rings (SSSR count). The first-order chi connectivity index (χ1) is 9.76. The van der Waals surface area contributed by atoms with E-state index in [0.29, 0.717) is 12.8 Å². The molecule has 4 heteroatoms. The molecule has 1 aliphatic carbocycles. The molecule has 4 nitrogen and oxygen atoms in total. The Morgan fingerprint density at radius 2 is 1.76 bits per heavy atom. The summed E-state index contributed by atoms with van der Waals surface area (Å²) < 4.78 is 0. The third-order valence-corrected chi connectivity index (χ3v) is 5.22.